The van der Waals surface area contributed by atoms with E-state index in [2.05, 4.69) is 6.08 Å². The number of hydrogen-bond donors (Lipinski definition) is 1. The predicted molar refractivity (Wildman–Crippen MR) is 90.3 cm³/mol. The molecule has 0 heterocycles. The van der Waals surface area contributed by atoms with Gasteiger partial charge in [0.2, 0.25) is 0 Å². The number of phenols is 1. The summed E-state index contributed by atoms with van der Waals surface area (Å²) in [6, 6.07) is 15.2. The van der Waals surface area contributed by atoms with Gasteiger partial charge >= 0.3 is 0 Å². The van der Waals surface area contributed by atoms with Crippen molar-refractivity contribution in [3.8, 4) is 5.75 Å². The molecule has 0 radical (unpaired) electrons. The summed E-state index contributed by atoms with van der Waals surface area (Å²) in [7, 11) is 0. The molecule has 0 atom stereocenters. The van der Waals surface area contributed by atoms with Crippen molar-refractivity contribution in [2.24, 2.45) is 0 Å². The number of carbonyl (C=O) groups excluding carboxylic acids is 1. The number of allylic oxidation sites excluding steroid dienone is 2. The molecule has 0 spiro atoms. The van der Waals surface area contributed by atoms with Gasteiger partial charge in [0.25, 0.3) is 0 Å². The number of hydrogen-bond acceptors (Lipinski definition) is 2. The molecule has 0 unspecified atom stereocenters. The number of Topliss-reactive ketones (excluding diaryl/α,β-unsaturated/α-hetero) is 1. The van der Waals surface area contributed by atoms with Crippen molar-refractivity contribution >= 4 is 5.78 Å². The maximum atomic E-state index is 12.4. The van der Waals surface area contributed by atoms with Crippen LogP contribution in [0.2, 0.25) is 0 Å². The van der Waals surface area contributed by atoms with E-state index >= 15 is 0 Å². The lowest BCUT2D eigenvalue weighted by molar-refractivity contribution is 0.0980. The lowest BCUT2D eigenvalue weighted by Gasteiger charge is -2.07. The molecule has 22 heavy (non-hydrogen) atoms. The molecule has 0 aliphatic heterocycles. The zero-order valence-corrected chi connectivity index (χ0v) is 13.2. The van der Waals surface area contributed by atoms with Crippen LogP contribution in [0.5, 0.6) is 5.75 Å². The highest BCUT2D eigenvalue weighted by molar-refractivity contribution is 5.98. The van der Waals surface area contributed by atoms with Gasteiger partial charge in [-0.1, -0.05) is 48.0 Å². The molecule has 0 aliphatic rings. The maximum Gasteiger partial charge on any atom is 0.166 e. The Bertz CT molecular complexity index is 665. The Hall–Kier alpha value is -2.35. The highest BCUT2D eigenvalue weighted by Crippen LogP contribution is 2.21. The summed E-state index contributed by atoms with van der Waals surface area (Å²) in [4.78, 5) is 12.4. The third kappa shape index (κ3) is 4.59. The number of phenolic OH excluding ortho intramolecular Hbond substituents is 1. The summed E-state index contributed by atoms with van der Waals surface area (Å²) < 4.78 is 0. The molecule has 0 amide bonds. The third-order valence-electron chi connectivity index (χ3n) is 3.59. The summed E-state index contributed by atoms with van der Waals surface area (Å²) in [6.45, 7) is 4.10. The lowest BCUT2D eigenvalue weighted by Crippen LogP contribution is -2.02. The van der Waals surface area contributed by atoms with Crippen molar-refractivity contribution in [3.63, 3.8) is 0 Å². The first-order chi connectivity index (χ1) is 10.6. The maximum absolute atomic E-state index is 12.4. The molecule has 0 aliphatic carbocycles. The van der Waals surface area contributed by atoms with E-state index in [1.807, 2.05) is 56.3 Å². The van der Waals surface area contributed by atoms with Crippen molar-refractivity contribution in [3.05, 3.63) is 76.9 Å². The average molecular weight is 294 g/mol. The van der Waals surface area contributed by atoms with Crippen LogP contribution in [0.25, 0.3) is 0 Å². The van der Waals surface area contributed by atoms with Crippen molar-refractivity contribution in [1.29, 1.82) is 0 Å². The number of ketones is 1. The molecular formula is C20H22O2. The van der Waals surface area contributed by atoms with E-state index in [9.17, 15) is 9.90 Å². The summed E-state index contributed by atoms with van der Waals surface area (Å²) in [5, 5.41) is 9.94. The van der Waals surface area contributed by atoms with Crippen molar-refractivity contribution < 1.29 is 9.90 Å². The molecule has 0 saturated heterocycles. The molecule has 2 rings (SSSR count). The summed E-state index contributed by atoms with van der Waals surface area (Å²) >= 11 is 0. The molecule has 0 fully saturated rings. The Balaban J connectivity index is 2.08. The fourth-order valence-corrected chi connectivity index (χ4v) is 2.29. The second-order valence-corrected chi connectivity index (χ2v) is 5.75. The van der Waals surface area contributed by atoms with E-state index in [1.54, 1.807) is 6.07 Å². The Morgan fingerprint density at radius 2 is 1.77 bits per heavy atom. The van der Waals surface area contributed by atoms with E-state index in [0.717, 1.165) is 17.5 Å². The molecule has 0 saturated carbocycles. The molecule has 0 bridgehead atoms. The van der Waals surface area contributed by atoms with Crippen LogP contribution < -0.4 is 0 Å². The van der Waals surface area contributed by atoms with Gasteiger partial charge in [-0.2, -0.15) is 0 Å². The predicted octanol–water partition coefficient (Wildman–Crippen LogP) is 4.72. The van der Waals surface area contributed by atoms with Crippen molar-refractivity contribution in [2.75, 3.05) is 0 Å². The van der Waals surface area contributed by atoms with Gasteiger partial charge in [-0.05, 0) is 49.9 Å². The zero-order valence-electron chi connectivity index (χ0n) is 13.2. The molecule has 0 aromatic heterocycles. The number of benzene rings is 2. The second kappa shape index (κ2) is 7.60. The van der Waals surface area contributed by atoms with Crippen LogP contribution in [0.15, 0.2) is 60.2 Å². The molecule has 1 N–H and O–H groups in total. The van der Waals surface area contributed by atoms with Crippen molar-refractivity contribution in [1.82, 2.24) is 0 Å². The number of rotatable bonds is 6. The van der Waals surface area contributed by atoms with E-state index in [4.69, 9.17) is 0 Å². The Morgan fingerprint density at radius 3 is 2.45 bits per heavy atom. The van der Waals surface area contributed by atoms with Crippen LogP contribution in [0.4, 0.5) is 0 Å². The van der Waals surface area contributed by atoms with Crippen LogP contribution in [0.1, 0.15) is 41.8 Å². The molecule has 2 nitrogen and oxygen atoms in total. The SMILES string of the molecule is CC(C)=CCc1ccc(O)c(C(=O)CCc2ccccc2)c1. The molecule has 114 valence electrons. The quantitative estimate of drug-likeness (QED) is 0.618. The van der Waals surface area contributed by atoms with Gasteiger partial charge in [0.15, 0.2) is 5.78 Å². The minimum absolute atomic E-state index is 0.0135. The first-order valence-corrected chi connectivity index (χ1v) is 7.58. The standard InChI is InChI=1S/C20H22O2/c1-15(2)8-9-17-11-13-20(22)18(14-17)19(21)12-10-16-6-4-3-5-7-16/h3-8,11,13-14,22H,9-10,12H2,1-2H3. The highest BCUT2D eigenvalue weighted by atomic mass is 16.3. The smallest absolute Gasteiger partial charge is 0.166 e. The molecule has 2 aromatic carbocycles. The van der Waals surface area contributed by atoms with Crippen LogP contribution >= 0.6 is 0 Å². The van der Waals surface area contributed by atoms with Gasteiger partial charge in [0, 0.05) is 6.42 Å². The number of aromatic hydroxyl groups is 1. The number of aryl methyl sites for hydroxylation is 1. The Morgan fingerprint density at radius 1 is 1.05 bits per heavy atom. The van der Waals surface area contributed by atoms with E-state index in [-0.39, 0.29) is 11.5 Å². The third-order valence-corrected chi connectivity index (χ3v) is 3.59. The van der Waals surface area contributed by atoms with Crippen LogP contribution in [-0.4, -0.2) is 10.9 Å². The summed E-state index contributed by atoms with van der Waals surface area (Å²) in [5.74, 6) is 0.0550. The molecule has 2 aromatic rings. The zero-order chi connectivity index (χ0) is 15.9. The van der Waals surface area contributed by atoms with E-state index in [1.165, 1.54) is 5.57 Å². The fraction of sp³-hybridized carbons (Fsp3) is 0.250. The first-order valence-electron chi connectivity index (χ1n) is 7.58. The largest absolute Gasteiger partial charge is 0.507 e. The lowest BCUT2D eigenvalue weighted by atomic mass is 9.99. The number of carbonyl (C=O) groups is 1. The van der Waals surface area contributed by atoms with Gasteiger partial charge < -0.3 is 5.11 Å². The van der Waals surface area contributed by atoms with Crippen LogP contribution in [0.3, 0.4) is 0 Å². The van der Waals surface area contributed by atoms with Gasteiger partial charge in [0.1, 0.15) is 5.75 Å². The minimum atomic E-state index is -0.0135. The average Bonchev–Trinajstić information content (AvgIpc) is 2.52. The van der Waals surface area contributed by atoms with Gasteiger partial charge in [-0.15, -0.1) is 0 Å². The monoisotopic (exact) mass is 294 g/mol. The normalized spacial score (nSPS) is 10.3. The Labute approximate surface area is 132 Å². The highest BCUT2D eigenvalue weighted by Gasteiger charge is 2.12. The van der Waals surface area contributed by atoms with Gasteiger partial charge in [-0.3, -0.25) is 4.79 Å². The van der Waals surface area contributed by atoms with Gasteiger partial charge in [-0.25, -0.2) is 0 Å². The van der Waals surface area contributed by atoms with Gasteiger partial charge in [0.05, 0.1) is 5.56 Å². The van der Waals surface area contributed by atoms with E-state index in [0.29, 0.717) is 18.4 Å². The first kappa shape index (κ1) is 16.0. The minimum Gasteiger partial charge on any atom is -0.507 e. The van der Waals surface area contributed by atoms with Crippen LogP contribution in [0, 0.1) is 0 Å². The van der Waals surface area contributed by atoms with E-state index < -0.39 is 0 Å². The fourth-order valence-electron chi connectivity index (χ4n) is 2.29. The summed E-state index contributed by atoms with van der Waals surface area (Å²) in [6.07, 6.45) is 3.99. The Kier molecular flexibility index (Phi) is 5.54. The molecular weight excluding hydrogens is 272 g/mol. The van der Waals surface area contributed by atoms with Crippen molar-refractivity contribution in [2.45, 2.75) is 33.1 Å². The van der Waals surface area contributed by atoms with Crippen LogP contribution in [-0.2, 0) is 12.8 Å². The summed E-state index contributed by atoms with van der Waals surface area (Å²) in [5.41, 5.74) is 3.85. The second-order valence-electron chi connectivity index (χ2n) is 5.75. The topological polar surface area (TPSA) is 37.3 Å². The molecule has 2 heteroatoms.